The summed E-state index contributed by atoms with van der Waals surface area (Å²) < 4.78 is 5.08. The topological polar surface area (TPSA) is 70.7 Å². The number of hydrogen-bond donors (Lipinski definition) is 2. The van der Waals surface area contributed by atoms with E-state index in [1.165, 1.54) is 19.3 Å². The molecule has 0 atom stereocenters. The molecule has 6 nitrogen and oxygen atoms in total. The summed E-state index contributed by atoms with van der Waals surface area (Å²) in [6, 6.07) is 7.17. The van der Waals surface area contributed by atoms with Gasteiger partial charge in [0.2, 0.25) is 5.91 Å². The predicted molar refractivity (Wildman–Crippen MR) is 98.9 cm³/mol. The van der Waals surface area contributed by atoms with Crippen molar-refractivity contribution in [1.29, 1.82) is 0 Å². The number of nitrogens with zero attached hydrogens (tertiary/aromatic N) is 1. The number of carbonyl (C=O) groups excluding carboxylic acids is 2. The first-order valence-electron chi connectivity index (χ1n) is 9.12. The second kappa shape index (κ2) is 9.91. The molecule has 0 unspecified atom stereocenters. The van der Waals surface area contributed by atoms with Crippen LogP contribution >= 0.6 is 0 Å². The molecule has 2 rings (SSSR count). The molecule has 1 aliphatic rings. The molecule has 0 bridgehead atoms. The Kier molecular flexibility index (Phi) is 7.57. The van der Waals surface area contributed by atoms with E-state index in [0.717, 1.165) is 25.1 Å². The van der Waals surface area contributed by atoms with E-state index >= 15 is 0 Å². The lowest BCUT2D eigenvalue weighted by Gasteiger charge is -2.33. The lowest BCUT2D eigenvalue weighted by Crippen LogP contribution is -2.42. The maximum atomic E-state index is 12.4. The van der Waals surface area contributed by atoms with E-state index in [4.69, 9.17) is 4.74 Å². The van der Waals surface area contributed by atoms with Crippen molar-refractivity contribution in [3.8, 4) is 5.75 Å². The lowest BCUT2D eigenvalue weighted by molar-refractivity contribution is -0.133. The van der Waals surface area contributed by atoms with E-state index in [-0.39, 0.29) is 11.9 Å². The van der Waals surface area contributed by atoms with Crippen LogP contribution < -0.4 is 15.4 Å². The molecule has 25 heavy (non-hydrogen) atoms. The Morgan fingerprint density at radius 2 is 1.84 bits per heavy atom. The smallest absolute Gasteiger partial charge is 0.319 e. The number of methoxy groups -OCH3 is 1. The Labute approximate surface area is 149 Å². The molecule has 2 N–H and O–H groups in total. The summed E-state index contributed by atoms with van der Waals surface area (Å²) in [4.78, 5) is 26.3. The first-order valence-corrected chi connectivity index (χ1v) is 9.12. The fourth-order valence-corrected chi connectivity index (χ4v) is 3.31. The van der Waals surface area contributed by atoms with Crippen LogP contribution in [0.25, 0.3) is 0 Å². The average Bonchev–Trinajstić information content (AvgIpc) is 2.64. The van der Waals surface area contributed by atoms with Gasteiger partial charge in [0.05, 0.1) is 7.11 Å². The number of rotatable bonds is 7. The fraction of sp³-hybridized carbons (Fsp3) is 0.579. The summed E-state index contributed by atoms with van der Waals surface area (Å²) in [5, 5.41) is 5.49. The molecule has 1 fully saturated rings. The van der Waals surface area contributed by atoms with Gasteiger partial charge in [-0.1, -0.05) is 19.3 Å². The van der Waals surface area contributed by atoms with E-state index in [0.29, 0.717) is 24.7 Å². The molecule has 0 spiro atoms. The number of benzene rings is 1. The van der Waals surface area contributed by atoms with Gasteiger partial charge < -0.3 is 20.3 Å². The van der Waals surface area contributed by atoms with Gasteiger partial charge in [0.25, 0.3) is 0 Å². The minimum absolute atomic E-state index is 0.124. The van der Waals surface area contributed by atoms with Crippen LogP contribution in [0.1, 0.15) is 45.4 Å². The van der Waals surface area contributed by atoms with Crippen molar-refractivity contribution < 1.29 is 14.3 Å². The maximum Gasteiger partial charge on any atom is 0.319 e. The molecule has 3 amide bonds. The lowest BCUT2D eigenvalue weighted by atomic mass is 9.94. The van der Waals surface area contributed by atoms with E-state index in [1.54, 1.807) is 31.4 Å². The number of anilines is 1. The highest BCUT2D eigenvalue weighted by Crippen LogP contribution is 2.22. The van der Waals surface area contributed by atoms with E-state index in [2.05, 4.69) is 10.6 Å². The largest absolute Gasteiger partial charge is 0.497 e. The quantitative estimate of drug-likeness (QED) is 0.794. The first-order chi connectivity index (χ1) is 12.1. The summed E-state index contributed by atoms with van der Waals surface area (Å²) in [6.45, 7) is 3.10. The summed E-state index contributed by atoms with van der Waals surface area (Å²) >= 11 is 0. The predicted octanol–water partition coefficient (Wildman–Crippen LogP) is 3.39. The molecule has 1 saturated carbocycles. The molecule has 0 aliphatic heterocycles. The second-order valence-electron chi connectivity index (χ2n) is 6.33. The molecule has 1 aromatic carbocycles. The molecule has 138 valence electrons. The molecule has 0 heterocycles. The number of urea groups is 1. The normalized spacial score (nSPS) is 14.6. The van der Waals surface area contributed by atoms with Gasteiger partial charge >= 0.3 is 6.03 Å². The highest BCUT2D eigenvalue weighted by Gasteiger charge is 2.23. The van der Waals surface area contributed by atoms with Crippen molar-refractivity contribution in [3.63, 3.8) is 0 Å². The van der Waals surface area contributed by atoms with Crippen molar-refractivity contribution in [2.45, 2.75) is 51.5 Å². The fourth-order valence-electron chi connectivity index (χ4n) is 3.31. The number of nitrogens with one attached hydrogen (secondary N) is 2. The zero-order chi connectivity index (χ0) is 18.1. The molecule has 0 radical (unpaired) electrons. The SMILES string of the molecule is CCN(C(=O)CCNC(=O)Nc1ccc(OC)cc1)C1CCCCC1. The molecule has 0 saturated heterocycles. The molecule has 1 aliphatic carbocycles. The van der Waals surface area contributed by atoms with Gasteiger partial charge in [-0.15, -0.1) is 0 Å². The Bertz CT molecular complexity index is 554. The monoisotopic (exact) mass is 347 g/mol. The number of carbonyl (C=O) groups is 2. The van der Waals surface area contributed by atoms with E-state index in [1.807, 2.05) is 11.8 Å². The zero-order valence-corrected chi connectivity index (χ0v) is 15.2. The molecular formula is C19H29N3O3. The van der Waals surface area contributed by atoms with Gasteiger partial charge in [-0.25, -0.2) is 4.79 Å². The van der Waals surface area contributed by atoms with Gasteiger partial charge in [-0.2, -0.15) is 0 Å². The Morgan fingerprint density at radius 3 is 2.44 bits per heavy atom. The first kappa shape index (κ1) is 19.1. The van der Waals surface area contributed by atoms with E-state index in [9.17, 15) is 9.59 Å². The van der Waals surface area contributed by atoms with Crippen LogP contribution in [0.3, 0.4) is 0 Å². The Morgan fingerprint density at radius 1 is 1.16 bits per heavy atom. The summed E-state index contributed by atoms with van der Waals surface area (Å²) in [5.41, 5.74) is 0.682. The van der Waals surface area contributed by atoms with Gasteiger partial charge in [0, 0.05) is 31.2 Å². The van der Waals surface area contributed by atoms with Crippen LogP contribution in [-0.2, 0) is 4.79 Å². The van der Waals surface area contributed by atoms with Crippen molar-refractivity contribution in [3.05, 3.63) is 24.3 Å². The van der Waals surface area contributed by atoms with Crippen LogP contribution in [0, 0.1) is 0 Å². The Hall–Kier alpha value is -2.24. The number of amides is 3. The summed E-state index contributed by atoms with van der Waals surface area (Å²) in [6.07, 6.45) is 6.22. The minimum Gasteiger partial charge on any atom is -0.497 e. The third-order valence-corrected chi connectivity index (χ3v) is 4.65. The van der Waals surface area contributed by atoms with E-state index < -0.39 is 0 Å². The van der Waals surface area contributed by atoms with Gasteiger partial charge in [-0.05, 0) is 44.0 Å². The second-order valence-corrected chi connectivity index (χ2v) is 6.33. The van der Waals surface area contributed by atoms with Crippen LogP contribution in [0.4, 0.5) is 10.5 Å². The molecule has 1 aromatic rings. The van der Waals surface area contributed by atoms with Crippen molar-refractivity contribution >= 4 is 17.6 Å². The number of ether oxygens (including phenoxy) is 1. The molecular weight excluding hydrogens is 318 g/mol. The maximum absolute atomic E-state index is 12.4. The highest BCUT2D eigenvalue weighted by molar-refractivity contribution is 5.89. The van der Waals surface area contributed by atoms with Crippen molar-refractivity contribution in [1.82, 2.24) is 10.2 Å². The van der Waals surface area contributed by atoms with Crippen molar-refractivity contribution in [2.75, 3.05) is 25.5 Å². The standard InChI is InChI=1S/C19H29N3O3/c1-3-22(16-7-5-4-6-8-16)18(23)13-14-20-19(24)21-15-9-11-17(25-2)12-10-15/h9-12,16H,3-8,13-14H2,1-2H3,(H2,20,21,24). The Balaban J connectivity index is 1.72. The third-order valence-electron chi connectivity index (χ3n) is 4.65. The molecule has 6 heteroatoms. The summed E-state index contributed by atoms with van der Waals surface area (Å²) in [5.74, 6) is 0.859. The van der Waals surface area contributed by atoms with Crippen LogP contribution in [0.2, 0.25) is 0 Å². The third kappa shape index (κ3) is 5.96. The van der Waals surface area contributed by atoms with Gasteiger partial charge in [0.1, 0.15) is 5.75 Å². The van der Waals surface area contributed by atoms with Crippen molar-refractivity contribution in [2.24, 2.45) is 0 Å². The number of hydrogen-bond acceptors (Lipinski definition) is 3. The zero-order valence-electron chi connectivity index (χ0n) is 15.2. The minimum atomic E-state index is -0.307. The highest BCUT2D eigenvalue weighted by atomic mass is 16.5. The van der Waals surface area contributed by atoms with Crippen LogP contribution in [-0.4, -0.2) is 43.1 Å². The van der Waals surface area contributed by atoms with Crippen LogP contribution in [0.5, 0.6) is 5.75 Å². The molecule has 0 aromatic heterocycles. The average molecular weight is 347 g/mol. The van der Waals surface area contributed by atoms with Gasteiger partial charge in [0.15, 0.2) is 0 Å². The van der Waals surface area contributed by atoms with Gasteiger partial charge in [-0.3, -0.25) is 4.79 Å². The van der Waals surface area contributed by atoms with Crippen LogP contribution in [0.15, 0.2) is 24.3 Å². The summed E-state index contributed by atoms with van der Waals surface area (Å²) in [7, 11) is 1.60.